The van der Waals surface area contributed by atoms with Gasteiger partial charge in [-0.05, 0) is 19.9 Å². The van der Waals surface area contributed by atoms with Crippen molar-refractivity contribution in [2.75, 3.05) is 25.0 Å². The van der Waals surface area contributed by atoms with Crippen LogP contribution in [0.2, 0.25) is 0 Å². The maximum Gasteiger partial charge on any atom is 0.261 e. The van der Waals surface area contributed by atoms with E-state index in [1.54, 1.807) is 6.07 Å². The third-order valence-electron chi connectivity index (χ3n) is 2.57. The van der Waals surface area contributed by atoms with Crippen molar-refractivity contribution in [2.45, 2.75) is 13.8 Å². The third-order valence-corrected chi connectivity index (χ3v) is 2.57. The SMILES string of the molecule is CCN(CC)c1ccc(/C=C(\C#N)C(=O)NC)o1. The Bertz CT molecular complexity index is 479. The standard InChI is InChI=1S/C13H17N3O2/c1-4-16(5-2)12-7-6-11(18-12)8-10(9-14)13(17)15-3/h6-8H,4-5H2,1-3H3,(H,15,17)/b10-8+. The summed E-state index contributed by atoms with van der Waals surface area (Å²) < 4.78 is 5.57. The number of rotatable bonds is 5. The van der Waals surface area contributed by atoms with Gasteiger partial charge < -0.3 is 14.6 Å². The highest BCUT2D eigenvalue weighted by Crippen LogP contribution is 2.20. The van der Waals surface area contributed by atoms with Crippen molar-refractivity contribution in [2.24, 2.45) is 0 Å². The Hall–Kier alpha value is -2.22. The van der Waals surface area contributed by atoms with Gasteiger partial charge in [-0.3, -0.25) is 4.79 Å². The Kier molecular flexibility index (Phi) is 5.00. The number of nitriles is 1. The quantitative estimate of drug-likeness (QED) is 0.636. The number of nitrogens with one attached hydrogen (secondary N) is 1. The molecule has 0 aliphatic heterocycles. The molecule has 0 saturated carbocycles. The van der Waals surface area contributed by atoms with Crippen LogP contribution in [0.4, 0.5) is 5.88 Å². The molecule has 0 bridgehead atoms. The summed E-state index contributed by atoms with van der Waals surface area (Å²) in [6.07, 6.45) is 1.44. The van der Waals surface area contributed by atoms with E-state index in [0.717, 1.165) is 19.0 Å². The fourth-order valence-electron chi connectivity index (χ4n) is 1.55. The first kappa shape index (κ1) is 13.8. The van der Waals surface area contributed by atoms with Crippen molar-refractivity contribution in [3.8, 4) is 6.07 Å². The van der Waals surface area contributed by atoms with Crippen molar-refractivity contribution in [1.29, 1.82) is 5.26 Å². The average Bonchev–Trinajstić information content (AvgIpc) is 2.85. The number of furan rings is 1. The number of anilines is 1. The van der Waals surface area contributed by atoms with Gasteiger partial charge in [-0.2, -0.15) is 5.26 Å². The Morgan fingerprint density at radius 1 is 1.50 bits per heavy atom. The van der Waals surface area contributed by atoms with E-state index in [2.05, 4.69) is 5.32 Å². The predicted octanol–water partition coefficient (Wildman–Crippen LogP) is 1.78. The van der Waals surface area contributed by atoms with Gasteiger partial charge in [0.25, 0.3) is 5.91 Å². The highest BCUT2D eigenvalue weighted by Gasteiger charge is 2.10. The molecule has 1 N–H and O–H groups in total. The number of hydrogen-bond acceptors (Lipinski definition) is 4. The molecular formula is C13H17N3O2. The third kappa shape index (κ3) is 3.14. The largest absolute Gasteiger partial charge is 0.441 e. The van der Waals surface area contributed by atoms with Crippen molar-refractivity contribution >= 4 is 17.9 Å². The van der Waals surface area contributed by atoms with Crippen molar-refractivity contribution < 1.29 is 9.21 Å². The fourth-order valence-corrected chi connectivity index (χ4v) is 1.55. The summed E-state index contributed by atoms with van der Waals surface area (Å²) in [7, 11) is 1.48. The van der Waals surface area contributed by atoms with E-state index in [1.165, 1.54) is 13.1 Å². The van der Waals surface area contributed by atoms with Gasteiger partial charge in [-0.25, -0.2) is 0 Å². The van der Waals surface area contributed by atoms with Crippen LogP contribution >= 0.6 is 0 Å². The van der Waals surface area contributed by atoms with Crippen LogP contribution in [0, 0.1) is 11.3 Å². The van der Waals surface area contributed by atoms with E-state index < -0.39 is 5.91 Å². The molecule has 0 fully saturated rings. The number of hydrogen-bond donors (Lipinski definition) is 1. The Morgan fingerprint density at radius 3 is 2.67 bits per heavy atom. The molecule has 0 spiro atoms. The molecule has 5 heteroatoms. The normalized spacial score (nSPS) is 10.9. The van der Waals surface area contributed by atoms with Gasteiger partial charge in [0.15, 0.2) is 5.88 Å². The second kappa shape index (κ2) is 6.50. The molecule has 1 aromatic heterocycles. The molecule has 0 atom stereocenters. The Labute approximate surface area is 107 Å². The van der Waals surface area contributed by atoms with Crippen LogP contribution < -0.4 is 10.2 Å². The summed E-state index contributed by atoms with van der Waals surface area (Å²) in [5, 5.41) is 11.3. The first-order chi connectivity index (χ1) is 8.65. The number of carbonyl (C=O) groups is 1. The Balaban J connectivity index is 2.96. The lowest BCUT2D eigenvalue weighted by molar-refractivity contribution is -0.116. The molecule has 18 heavy (non-hydrogen) atoms. The molecule has 0 aromatic carbocycles. The van der Waals surface area contributed by atoms with Crippen LogP contribution in [0.15, 0.2) is 22.1 Å². The number of amides is 1. The molecule has 5 nitrogen and oxygen atoms in total. The summed E-state index contributed by atoms with van der Waals surface area (Å²) in [6, 6.07) is 5.42. The van der Waals surface area contributed by atoms with Crippen LogP contribution in [0.1, 0.15) is 19.6 Å². The molecule has 1 aromatic rings. The number of nitrogens with zero attached hydrogens (tertiary/aromatic N) is 2. The van der Waals surface area contributed by atoms with E-state index >= 15 is 0 Å². The molecule has 1 amide bonds. The van der Waals surface area contributed by atoms with Gasteiger partial charge in [0.2, 0.25) is 0 Å². The van der Waals surface area contributed by atoms with Crippen LogP contribution in [0.3, 0.4) is 0 Å². The van der Waals surface area contributed by atoms with Crippen LogP contribution in [-0.2, 0) is 4.79 Å². The van der Waals surface area contributed by atoms with E-state index in [0.29, 0.717) is 5.76 Å². The van der Waals surface area contributed by atoms with E-state index in [-0.39, 0.29) is 5.57 Å². The minimum absolute atomic E-state index is 0.0259. The molecule has 0 radical (unpaired) electrons. The van der Waals surface area contributed by atoms with Gasteiger partial charge in [0.05, 0.1) is 0 Å². The molecule has 1 heterocycles. The topological polar surface area (TPSA) is 69.3 Å². The number of likely N-dealkylation sites (N-methyl/N-ethyl adjacent to an activating group) is 1. The molecular weight excluding hydrogens is 230 g/mol. The van der Waals surface area contributed by atoms with Crippen LogP contribution in [-0.4, -0.2) is 26.0 Å². The second-order valence-corrected chi connectivity index (χ2v) is 3.60. The molecule has 0 aliphatic carbocycles. The van der Waals surface area contributed by atoms with Gasteiger partial charge in [0, 0.05) is 32.3 Å². The monoisotopic (exact) mass is 247 g/mol. The van der Waals surface area contributed by atoms with Gasteiger partial charge in [-0.1, -0.05) is 0 Å². The first-order valence-corrected chi connectivity index (χ1v) is 5.84. The highest BCUT2D eigenvalue weighted by molar-refractivity contribution is 6.01. The van der Waals surface area contributed by atoms with Crippen LogP contribution in [0.5, 0.6) is 0 Å². The Morgan fingerprint density at radius 2 is 2.17 bits per heavy atom. The van der Waals surface area contributed by atoms with Crippen molar-refractivity contribution in [1.82, 2.24) is 5.32 Å². The smallest absolute Gasteiger partial charge is 0.261 e. The van der Waals surface area contributed by atoms with Crippen LogP contribution in [0.25, 0.3) is 6.08 Å². The van der Waals surface area contributed by atoms with Gasteiger partial charge in [0.1, 0.15) is 17.4 Å². The van der Waals surface area contributed by atoms with Gasteiger partial charge in [-0.15, -0.1) is 0 Å². The predicted molar refractivity (Wildman–Crippen MR) is 69.9 cm³/mol. The average molecular weight is 247 g/mol. The van der Waals surface area contributed by atoms with E-state index in [1.807, 2.05) is 30.9 Å². The minimum atomic E-state index is -0.418. The summed E-state index contributed by atoms with van der Waals surface area (Å²) in [5.41, 5.74) is 0.0259. The zero-order valence-electron chi connectivity index (χ0n) is 10.9. The molecule has 96 valence electrons. The lowest BCUT2D eigenvalue weighted by atomic mass is 10.2. The van der Waals surface area contributed by atoms with Gasteiger partial charge >= 0.3 is 0 Å². The van der Waals surface area contributed by atoms with E-state index in [9.17, 15) is 4.79 Å². The lowest BCUT2D eigenvalue weighted by Gasteiger charge is -2.16. The maximum atomic E-state index is 11.3. The van der Waals surface area contributed by atoms with Crippen molar-refractivity contribution in [3.05, 3.63) is 23.5 Å². The fraction of sp³-hybridized carbons (Fsp3) is 0.385. The van der Waals surface area contributed by atoms with E-state index in [4.69, 9.17) is 9.68 Å². The summed E-state index contributed by atoms with van der Waals surface area (Å²) >= 11 is 0. The lowest BCUT2D eigenvalue weighted by Crippen LogP contribution is -2.20. The zero-order chi connectivity index (χ0) is 13.5. The molecule has 0 aliphatic rings. The molecule has 0 saturated heterocycles. The minimum Gasteiger partial charge on any atom is -0.441 e. The van der Waals surface area contributed by atoms with Crippen molar-refractivity contribution in [3.63, 3.8) is 0 Å². The molecule has 1 rings (SSSR count). The summed E-state index contributed by atoms with van der Waals surface area (Å²) in [5.74, 6) is 0.816. The highest BCUT2D eigenvalue weighted by atomic mass is 16.4. The second-order valence-electron chi connectivity index (χ2n) is 3.60. The maximum absolute atomic E-state index is 11.3. The molecule has 0 unspecified atom stereocenters. The summed E-state index contributed by atoms with van der Waals surface area (Å²) in [4.78, 5) is 13.4. The first-order valence-electron chi connectivity index (χ1n) is 5.84. The number of carbonyl (C=O) groups excluding carboxylic acids is 1. The zero-order valence-corrected chi connectivity index (χ0v) is 10.9. The summed E-state index contributed by atoms with van der Waals surface area (Å²) in [6.45, 7) is 5.75.